The first-order chi connectivity index (χ1) is 10.2. The molecule has 112 valence electrons. The fraction of sp³-hybridized carbons (Fsp3) is 0.389. The molecule has 0 saturated heterocycles. The SMILES string of the molecule is CC(C)NCc1cccc(COCCc2ccccn2)c1. The van der Waals surface area contributed by atoms with E-state index in [2.05, 4.69) is 48.4 Å². The van der Waals surface area contributed by atoms with Crippen LogP contribution in [0.5, 0.6) is 0 Å². The molecule has 0 spiro atoms. The zero-order valence-electron chi connectivity index (χ0n) is 12.9. The quantitative estimate of drug-likeness (QED) is 0.755. The summed E-state index contributed by atoms with van der Waals surface area (Å²) in [5.41, 5.74) is 3.60. The van der Waals surface area contributed by atoms with Gasteiger partial charge in [-0.2, -0.15) is 0 Å². The molecule has 2 rings (SSSR count). The number of benzene rings is 1. The highest BCUT2D eigenvalue weighted by molar-refractivity contribution is 5.22. The molecular weight excluding hydrogens is 260 g/mol. The third-order valence-corrected chi connectivity index (χ3v) is 3.20. The summed E-state index contributed by atoms with van der Waals surface area (Å²) in [7, 11) is 0. The fourth-order valence-electron chi connectivity index (χ4n) is 2.06. The molecule has 1 aromatic carbocycles. The molecule has 0 amide bonds. The van der Waals surface area contributed by atoms with Crippen LogP contribution in [-0.2, 0) is 24.3 Å². The zero-order valence-corrected chi connectivity index (χ0v) is 12.9. The van der Waals surface area contributed by atoms with Crippen molar-refractivity contribution in [2.75, 3.05) is 6.61 Å². The molecule has 0 radical (unpaired) electrons. The van der Waals surface area contributed by atoms with E-state index in [4.69, 9.17) is 4.74 Å². The molecule has 1 N–H and O–H groups in total. The Balaban J connectivity index is 1.74. The number of nitrogens with one attached hydrogen (secondary N) is 1. The number of hydrogen-bond donors (Lipinski definition) is 1. The third-order valence-electron chi connectivity index (χ3n) is 3.20. The Morgan fingerprint density at radius 2 is 1.95 bits per heavy atom. The smallest absolute Gasteiger partial charge is 0.0717 e. The van der Waals surface area contributed by atoms with Gasteiger partial charge in [0.15, 0.2) is 0 Å². The fourth-order valence-corrected chi connectivity index (χ4v) is 2.06. The highest BCUT2D eigenvalue weighted by atomic mass is 16.5. The normalized spacial score (nSPS) is 11.0. The van der Waals surface area contributed by atoms with Crippen molar-refractivity contribution < 1.29 is 4.74 Å². The van der Waals surface area contributed by atoms with Gasteiger partial charge in [0.1, 0.15) is 0 Å². The van der Waals surface area contributed by atoms with Crippen molar-refractivity contribution in [1.29, 1.82) is 0 Å². The van der Waals surface area contributed by atoms with E-state index in [9.17, 15) is 0 Å². The van der Waals surface area contributed by atoms with Crippen LogP contribution in [0.4, 0.5) is 0 Å². The largest absolute Gasteiger partial charge is 0.376 e. The van der Waals surface area contributed by atoms with E-state index in [1.807, 2.05) is 24.4 Å². The van der Waals surface area contributed by atoms with Gasteiger partial charge < -0.3 is 10.1 Å². The number of nitrogens with zero attached hydrogens (tertiary/aromatic N) is 1. The number of rotatable bonds is 8. The second-order valence-electron chi connectivity index (χ2n) is 5.48. The van der Waals surface area contributed by atoms with E-state index in [1.165, 1.54) is 11.1 Å². The molecule has 1 heterocycles. The van der Waals surface area contributed by atoms with Gasteiger partial charge in [0, 0.05) is 30.9 Å². The van der Waals surface area contributed by atoms with E-state index in [1.54, 1.807) is 0 Å². The Morgan fingerprint density at radius 1 is 1.10 bits per heavy atom. The molecule has 0 saturated carbocycles. The van der Waals surface area contributed by atoms with Crippen molar-refractivity contribution in [2.24, 2.45) is 0 Å². The molecule has 1 aromatic heterocycles. The number of pyridine rings is 1. The molecule has 0 aliphatic carbocycles. The third kappa shape index (κ3) is 6.06. The highest BCUT2D eigenvalue weighted by Gasteiger charge is 1.99. The molecule has 2 aromatic rings. The lowest BCUT2D eigenvalue weighted by molar-refractivity contribution is 0.123. The van der Waals surface area contributed by atoms with Crippen molar-refractivity contribution >= 4 is 0 Å². The highest BCUT2D eigenvalue weighted by Crippen LogP contribution is 2.07. The molecule has 0 atom stereocenters. The van der Waals surface area contributed by atoms with E-state index < -0.39 is 0 Å². The van der Waals surface area contributed by atoms with Gasteiger partial charge in [0.05, 0.1) is 13.2 Å². The summed E-state index contributed by atoms with van der Waals surface area (Å²) in [6, 6.07) is 15.0. The first-order valence-corrected chi connectivity index (χ1v) is 7.53. The van der Waals surface area contributed by atoms with Crippen molar-refractivity contribution in [3.63, 3.8) is 0 Å². The van der Waals surface area contributed by atoms with E-state index >= 15 is 0 Å². The minimum absolute atomic E-state index is 0.503. The van der Waals surface area contributed by atoms with Crippen LogP contribution in [-0.4, -0.2) is 17.6 Å². The molecule has 21 heavy (non-hydrogen) atoms. The topological polar surface area (TPSA) is 34.1 Å². The minimum Gasteiger partial charge on any atom is -0.376 e. The van der Waals surface area contributed by atoms with Crippen LogP contribution in [0.25, 0.3) is 0 Å². The average Bonchev–Trinajstić information content (AvgIpc) is 2.51. The Hall–Kier alpha value is -1.71. The lowest BCUT2D eigenvalue weighted by Crippen LogP contribution is -2.21. The Morgan fingerprint density at radius 3 is 2.71 bits per heavy atom. The van der Waals surface area contributed by atoms with Gasteiger partial charge in [-0.05, 0) is 23.3 Å². The maximum Gasteiger partial charge on any atom is 0.0717 e. The van der Waals surface area contributed by atoms with E-state index in [0.717, 1.165) is 18.7 Å². The summed E-state index contributed by atoms with van der Waals surface area (Å²) in [5, 5.41) is 3.43. The van der Waals surface area contributed by atoms with Crippen molar-refractivity contribution in [2.45, 2.75) is 39.5 Å². The average molecular weight is 284 g/mol. The summed E-state index contributed by atoms with van der Waals surface area (Å²) >= 11 is 0. The Labute approximate surface area is 127 Å². The maximum atomic E-state index is 5.74. The maximum absolute atomic E-state index is 5.74. The van der Waals surface area contributed by atoms with Crippen molar-refractivity contribution in [3.8, 4) is 0 Å². The molecular formula is C18H24N2O. The van der Waals surface area contributed by atoms with Crippen molar-refractivity contribution in [1.82, 2.24) is 10.3 Å². The van der Waals surface area contributed by atoms with Gasteiger partial charge in [0.2, 0.25) is 0 Å². The van der Waals surface area contributed by atoms with Gasteiger partial charge >= 0.3 is 0 Å². The number of hydrogen-bond acceptors (Lipinski definition) is 3. The van der Waals surface area contributed by atoms with Gasteiger partial charge in [-0.25, -0.2) is 0 Å². The van der Waals surface area contributed by atoms with Crippen LogP contribution in [0.1, 0.15) is 30.7 Å². The van der Waals surface area contributed by atoms with Crippen molar-refractivity contribution in [3.05, 3.63) is 65.5 Å². The predicted octanol–water partition coefficient (Wildman–Crippen LogP) is 3.34. The molecule has 3 heteroatoms. The van der Waals surface area contributed by atoms with Crippen LogP contribution in [0.3, 0.4) is 0 Å². The number of aromatic nitrogens is 1. The summed E-state index contributed by atoms with van der Waals surface area (Å²) in [5.74, 6) is 0. The lowest BCUT2D eigenvalue weighted by atomic mass is 10.1. The monoisotopic (exact) mass is 284 g/mol. The number of ether oxygens (including phenoxy) is 1. The van der Waals surface area contributed by atoms with Gasteiger partial charge in [0.25, 0.3) is 0 Å². The van der Waals surface area contributed by atoms with Crippen LogP contribution in [0.15, 0.2) is 48.7 Å². The second kappa shape index (κ2) is 8.55. The van der Waals surface area contributed by atoms with Crippen LogP contribution < -0.4 is 5.32 Å². The van der Waals surface area contributed by atoms with Crippen LogP contribution >= 0.6 is 0 Å². The second-order valence-corrected chi connectivity index (χ2v) is 5.48. The van der Waals surface area contributed by atoms with E-state index in [0.29, 0.717) is 19.3 Å². The summed E-state index contributed by atoms with van der Waals surface area (Å²) < 4.78 is 5.74. The van der Waals surface area contributed by atoms with Gasteiger partial charge in [-0.3, -0.25) is 4.98 Å². The first kappa shape index (κ1) is 15.7. The molecule has 0 aliphatic heterocycles. The van der Waals surface area contributed by atoms with Gasteiger partial charge in [-0.1, -0.05) is 44.2 Å². The molecule has 0 fully saturated rings. The van der Waals surface area contributed by atoms with E-state index in [-0.39, 0.29) is 0 Å². The van der Waals surface area contributed by atoms with Gasteiger partial charge in [-0.15, -0.1) is 0 Å². The Kier molecular flexibility index (Phi) is 6.38. The molecule has 3 nitrogen and oxygen atoms in total. The summed E-state index contributed by atoms with van der Waals surface area (Å²) in [6.45, 7) is 6.57. The molecule has 0 unspecified atom stereocenters. The van der Waals surface area contributed by atoms with Crippen LogP contribution in [0.2, 0.25) is 0 Å². The lowest BCUT2D eigenvalue weighted by Gasteiger charge is -2.10. The summed E-state index contributed by atoms with van der Waals surface area (Å²) in [6.07, 6.45) is 2.68. The van der Waals surface area contributed by atoms with Crippen LogP contribution in [0, 0.1) is 0 Å². The summed E-state index contributed by atoms with van der Waals surface area (Å²) in [4.78, 5) is 4.29. The molecule has 0 aliphatic rings. The minimum atomic E-state index is 0.503. The molecule has 0 bridgehead atoms. The first-order valence-electron chi connectivity index (χ1n) is 7.53. The Bertz CT molecular complexity index is 526. The predicted molar refractivity (Wildman–Crippen MR) is 86.0 cm³/mol. The standard InChI is InChI=1S/C18H24N2O/c1-15(2)20-13-16-6-5-7-17(12-16)14-21-11-9-18-8-3-4-10-19-18/h3-8,10,12,15,20H,9,11,13-14H2,1-2H3. The zero-order chi connectivity index (χ0) is 14.9.